The molecule has 3 rings (SSSR count). The number of amides is 1. The first-order valence-corrected chi connectivity index (χ1v) is 6.16. The Hall–Kier alpha value is -3.22. The van der Waals surface area contributed by atoms with E-state index in [1.165, 1.54) is 6.21 Å². The van der Waals surface area contributed by atoms with Gasteiger partial charge in [-0.3, -0.25) is 14.9 Å². The third-order valence-corrected chi connectivity index (χ3v) is 2.65. The molecule has 7 heteroatoms. The van der Waals surface area contributed by atoms with E-state index in [1.54, 1.807) is 42.8 Å². The lowest BCUT2D eigenvalue weighted by Gasteiger charge is -1.94. The molecule has 0 aliphatic carbocycles. The average Bonchev–Trinajstić information content (AvgIpc) is 3.19. The van der Waals surface area contributed by atoms with E-state index < -0.39 is 5.91 Å². The Morgan fingerprint density at radius 1 is 1.33 bits per heavy atom. The maximum absolute atomic E-state index is 11.9. The first-order chi connectivity index (χ1) is 10.3. The lowest BCUT2D eigenvalue weighted by Crippen LogP contribution is -2.18. The fraction of sp³-hybridized carbons (Fsp3) is 0. The summed E-state index contributed by atoms with van der Waals surface area (Å²) in [4.78, 5) is 15.9. The molecule has 0 saturated heterocycles. The van der Waals surface area contributed by atoms with Crippen LogP contribution in [0.3, 0.4) is 0 Å². The minimum atomic E-state index is -0.420. The first kappa shape index (κ1) is 12.8. The van der Waals surface area contributed by atoms with Gasteiger partial charge in [-0.2, -0.15) is 10.2 Å². The second-order valence-electron chi connectivity index (χ2n) is 4.10. The molecule has 104 valence electrons. The van der Waals surface area contributed by atoms with Crippen molar-refractivity contribution in [3.05, 3.63) is 60.2 Å². The zero-order chi connectivity index (χ0) is 14.5. The lowest BCUT2D eigenvalue weighted by atomic mass is 10.3. The molecular weight excluding hydrogens is 270 g/mol. The topological polar surface area (TPSA) is 96.2 Å². The van der Waals surface area contributed by atoms with Crippen LogP contribution >= 0.6 is 0 Å². The summed E-state index contributed by atoms with van der Waals surface area (Å²) in [5.41, 5.74) is 3.88. The number of rotatable bonds is 4. The number of nitrogens with one attached hydrogen (secondary N) is 2. The molecular formula is C14H11N5O2. The van der Waals surface area contributed by atoms with Gasteiger partial charge in [0, 0.05) is 12.3 Å². The van der Waals surface area contributed by atoms with Gasteiger partial charge in [-0.25, -0.2) is 5.43 Å². The van der Waals surface area contributed by atoms with Crippen LogP contribution in [0.25, 0.3) is 11.5 Å². The molecule has 0 unspecified atom stereocenters. The van der Waals surface area contributed by atoms with Crippen molar-refractivity contribution in [3.8, 4) is 11.5 Å². The van der Waals surface area contributed by atoms with E-state index in [0.29, 0.717) is 17.1 Å². The van der Waals surface area contributed by atoms with Crippen LogP contribution in [-0.2, 0) is 0 Å². The molecule has 0 aliphatic rings. The third kappa shape index (κ3) is 3.03. The Morgan fingerprint density at radius 2 is 2.29 bits per heavy atom. The van der Waals surface area contributed by atoms with Crippen LogP contribution < -0.4 is 5.43 Å². The Kier molecular flexibility index (Phi) is 3.55. The van der Waals surface area contributed by atoms with Crippen LogP contribution in [0.5, 0.6) is 0 Å². The second kappa shape index (κ2) is 5.83. The van der Waals surface area contributed by atoms with Gasteiger partial charge in [-0.1, -0.05) is 6.07 Å². The molecule has 1 amide bonds. The van der Waals surface area contributed by atoms with E-state index in [2.05, 4.69) is 25.7 Å². The number of aromatic nitrogens is 3. The fourth-order valence-electron chi connectivity index (χ4n) is 1.66. The normalized spacial score (nSPS) is 10.9. The molecule has 0 spiro atoms. The van der Waals surface area contributed by atoms with Gasteiger partial charge in [0.2, 0.25) is 0 Å². The summed E-state index contributed by atoms with van der Waals surface area (Å²) >= 11 is 0. The number of hydrazone groups is 1. The number of carbonyl (C=O) groups is 1. The zero-order valence-corrected chi connectivity index (χ0v) is 10.9. The van der Waals surface area contributed by atoms with Crippen LogP contribution in [0.15, 0.2) is 58.4 Å². The summed E-state index contributed by atoms with van der Waals surface area (Å²) in [5.74, 6) is 0.190. The van der Waals surface area contributed by atoms with Crippen molar-refractivity contribution in [1.29, 1.82) is 0 Å². The number of hydrogen-bond donors (Lipinski definition) is 2. The Bertz CT molecular complexity index is 747. The molecule has 3 aromatic heterocycles. The van der Waals surface area contributed by atoms with Crippen molar-refractivity contribution in [2.75, 3.05) is 0 Å². The number of furan rings is 1. The summed E-state index contributed by atoms with van der Waals surface area (Å²) in [5, 5.41) is 10.5. The van der Waals surface area contributed by atoms with Gasteiger partial charge in [-0.05, 0) is 24.3 Å². The van der Waals surface area contributed by atoms with Crippen molar-refractivity contribution in [3.63, 3.8) is 0 Å². The van der Waals surface area contributed by atoms with Gasteiger partial charge in [-0.15, -0.1) is 0 Å². The standard InChI is InChI=1S/C14H11N5O2/c20-14(19-16-9-10-4-1-2-6-15-10)12-8-11(17-18-12)13-5-3-7-21-13/h1-9H,(H,17,18)(H,19,20). The summed E-state index contributed by atoms with van der Waals surface area (Å²) in [6.07, 6.45) is 4.65. The summed E-state index contributed by atoms with van der Waals surface area (Å²) in [7, 11) is 0. The molecule has 3 aromatic rings. The van der Waals surface area contributed by atoms with Crippen molar-refractivity contribution >= 4 is 12.1 Å². The molecule has 0 radical (unpaired) electrons. The zero-order valence-electron chi connectivity index (χ0n) is 10.9. The highest BCUT2D eigenvalue weighted by atomic mass is 16.3. The summed E-state index contributed by atoms with van der Waals surface area (Å²) < 4.78 is 5.21. The van der Waals surface area contributed by atoms with Gasteiger partial charge in [0.25, 0.3) is 5.91 Å². The Balaban J connectivity index is 1.65. The molecule has 0 aromatic carbocycles. The number of nitrogens with zero attached hydrogens (tertiary/aromatic N) is 3. The predicted octanol–water partition coefficient (Wildman–Crippen LogP) is 1.83. The Labute approximate surface area is 119 Å². The van der Waals surface area contributed by atoms with Crippen LogP contribution in [-0.4, -0.2) is 27.3 Å². The molecule has 0 atom stereocenters. The van der Waals surface area contributed by atoms with Crippen molar-refractivity contribution in [1.82, 2.24) is 20.6 Å². The van der Waals surface area contributed by atoms with Gasteiger partial charge < -0.3 is 4.42 Å². The highest BCUT2D eigenvalue weighted by molar-refractivity contribution is 5.93. The van der Waals surface area contributed by atoms with Gasteiger partial charge in [0.05, 0.1) is 18.2 Å². The lowest BCUT2D eigenvalue weighted by molar-refractivity contribution is 0.0950. The third-order valence-electron chi connectivity index (χ3n) is 2.65. The molecule has 0 bridgehead atoms. The quantitative estimate of drug-likeness (QED) is 0.563. The molecule has 3 heterocycles. The van der Waals surface area contributed by atoms with Crippen LogP contribution in [0, 0.1) is 0 Å². The smallest absolute Gasteiger partial charge is 0.291 e. The molecule has 7 nitrogen and oxygen atoms in total. The van der Waals surface area contributed by atoms with Gasteiger partial charge >= 0.3 is 0 Å². The van der Waals surface area contributed by atoms with E-state index in [0.717, 1.165) is 0 Å². The summed E-state index contributed by atoms with van der Waals surface area (Å²) in [6.45, 7) is 0. The van der Waals surface area contributed by atoms with Crippen LogP contribution in [0.4, 0.5) is 0 Å². The predicted molar refractivity (Wildman–Crippen MR) is 75.6 cm³/mol. The molecule has 0 saturated carbocycles. The maximum atomic E-state index is 11.9. The molecule has 0 fully saturated rings. The van der Waals surface area contributed by atoms with E-state index in [9.17, 15) is 4.79 Å². The highest BCUT2D eigenvalue weighted by Gasteiger charge is 2.11. The Morgan fingerprint density at radius 3 is 3.05 bits per heavy atom. The van der Waals surface area contributed by atoms with Crippen LogP contribution in [0.2, 0.25) is 0 Å². The van der Waals surface area contributed by atoms with E-state index in [1.807, 2.05) is 6.07 Å². The SMILES string of the molecule is O=C(NN=Cc1ccccn1)c1cc(-c2ccco2)[nH]n1. The van der Waals surface area contributed by atoms with Gasteiger partial charge in [0.1, 0.15) is 5.69 Å². The number of pyridine rings is 1. The number of carbonyl (C=O) groups excluding carboxylic acids is 1. The second-order valence-corrected chi connectivity index (χ2v) is 4.10. The van der Waals surface area contributed by atoms with E-state index >= 15 is 0 Å². The molecule has 21 heavy (non-hydrogen) atoms. The number of H-pyrrole nitrogens is 1. The fourth-order valence-corrected chi connectivity index (χ4v) is 1.66. The minimum absolute atomic E-state index is 0.222. The number of aromatic amines is 1. The molecule has 2 N–H and O–H groups in total. The van der Waals surface area contributed by atoms with Crippen molar-refractivity contribution < 1.29 is 9.21 Å². The monoisotopic (exact) mass is 281 g/mol. The molecule has 0 aliphatic heterocycles. The average molecular weight is 281 g/mol. The van der Waals surface area contributed by atoms with Crippen molar-refractivity contribution in [2.45, 2.75) is 0 Å². The van der Waals surface area contributed by atoms with Crippen LogP contribution in [0.1, 0.15) is 16.2 Å². The van der Waals surface area contributed by atoms with Crippen molar-refractivity contribution in [2.24, 2.45) is 5.10 Å². The van der Waals surface area contributed by atoms with Gasteiger partial charge in [0.15, 0.2) is 11.5 Å². The number of hydrogen-bond acceptors (Lipinski definition) is 5. The largest absolute Gasteiger partial charge is 0.463 e. The van der Waals surface area contributed by atoms with E-state index in [4.69, 9.17) is 4.42 Å². The first-order valence-electron chi connectivity index (χ1n) is 6.16. The highest BCUT2D eigenvalue weighted by Crippen LogP contribution is 2.17. The van der Waals surface area contributed by atoms with E-state index in [-0.39, 0.29) is 5.69 Å². The summed E-state index contributed by atoms with van der Waals surface area (Å²) in [6, 6.07) is 10.5. The maximum Gasteiger partial charge on any atom is 0.291 e. The minimum Gasteiger partial charge on any atom is -0.463 e.